The molecule has 0 aromatic carbocycles. The van der Waals surface area contributed by atoms with Gasteiger partial charge in [0.05, 0.1) is 32.3 Å². The molecule has 0 aliphatic heterocycles. The van der Waals surface area contributed by atoms with Gasteiger partial charge in [0.25, 0.3) is 0 Å². The Morgan fingerprint density at radius 1 is 0.929 bits per heavy atom. The average molecular weight is 783 g/mol. The lowest BCUT2D eigenvalue weighted by molar-refractivity contribution is -0.144. The van der Waals surface area contributed by atoms with Crippen molar-refractivity contribution in [2.24, 2.45) is 17.8 Å². The summed E-state index contributed by atoms with van der Waals surface area (Å²) < 4.78 is 15.7. The van der Waals surface area contributed by atoms with Crippen LogP contribution in [0.4, 0.5) is 0 Å². The molecule has 0 spiro atoms. The third kappa shape index (κ3) is 30.9. The SMILES string of the molecule is C=C(C)COC.C=CC(C=C/C=C\C)C(CCOC(=O)CC(C1=CC(OC)=CCC=C1)/C(C(=O)O)=C(\C)O)C1=CC=CC=CC1.CC.CC.CC.CC.CCC. The fourth-order valence-corrected chi connectivity index (χ4v) is 4.91. The van der Waals surface area contributed by atoms with Gasteiger partial charge in [0.15, 0.2) is 0 Å². The van der Waals surface area contributed by atoms with Gasteiger partial charge < -0.3 is 24.4 Å². The normalized spacial score (nSPS) is 14.4. The number of hydrogen-bond donors (Lipinski definition) is 2. The van der Waals surface area contributed by atoms with Gasteiger partial charge in [-0.15, -0.1) is 6.58 Å². The molecule has 2 aliphatic carbocycles. The molecule has 3 unspecified atom stereocenters. The summed E-state index contributed by atoms with van der Waals surface area (Å²) in [5, 5.41) is 20.0. The van der Waals surface area contributed by atoms with Gasteiger partial charge in [-0.3, -0.25) is 4.79 Å². The van der Waals surface area contributed by atoms with E-state index in [1.54, 1.807) is 19.3 Å². The number of allylic oxidation sites excluding steroid dienone is 17. The van der Waals surface area contributed by atoms with Crippen molar-refractivity contribution in [3.63, 3.8) is 0 Å². The lowest BCUT2D eigenvalue weighted by Gasteiger charge is -2.25. The third-order valence-electron chi connectivity index (χ3n) is 7.01. The van der Waals surface area contributed by atoms with Crippen LogP contribution in [0.5, 0.6) is 0 Å². The minimum atomic E-state index is -1.29. The van der Waals surface area contributed by atoms with Crippen molar-refractivity contribution in [2.75, 3.05) is 27.4 Å². The molecular formula is C49H82O7. The summed E-state index contributed by atoms with van der Waals surface area (Å²) in [4.78, 5) is 25.1. The molecule has 7 heteroatoms. The molecule has 0 bridgehead atoms. The van der Waals surface area contributed by atoms with Crippen LogP contribution in [0.3, 0.4) is 0 Å². The van der Waals surface area contributed by atoms with Crippen molar-refractivity contribution in [2.45, 2.75) is 122 Å². The highest BCUT2D eigenvalue weighted by atomic mass is 16.5. The Morgan fingerprint density at radius 2 is 1.54 bits per heavy atom. The molecule has 0 radical (unpaired) electrons. The molecule has 0 saturated carbocycles. The summed E-state index contributed by atoms with van der Waals surface area (Å²) in [6, 6.07) is 0. The van der Waals surface area contributed by atoms with Gasteiger partial charge in [-0.2, -0.15) is 0 Å². The summed E-state index contributed by atoms with van der Waals surface area (Å²) in [6.07, 6.45) is 30.2. The molecule has 56 heavy (non-hydrogen) atoms. The Labute approximate surface area is 344 Å². The minimum Gasteiger partial charge on any atom is -0.512 e. The maximum Gasteiger partial charge on any atom is 0.335 e. The molecule has 0 aromatic heterocycles. The lowest BCUT2D eigenvalue weighted by Crippen LogP contribution is -2.22. The molecule has 0 heterocycles. The zero-order chi connectivity index (χ0) is 44.3. The number of carboxylic acids is 1. The molecule has 0 fully saturated rings. The van der Waals surface area contributed by atoms with Crippen LogP contribution in [0, 0.1) is 17.8 Å². The third-order valence-corrected chi connectivity index (χ3v) is 7.01. The van der Waals surface area contributed by atoms with Crippen molar-refractivity contribution in [3.05, 3.63) is 132 Å². The predicted molar refractivity (Wildman–Crippen MR) is 244 cm³/mol. The fraction of sp³-hybridized carbons (Fsp3) is 0.510. The summed E-state index contributed by atoms with van der Waals surface area (Å²) in [6.45, 7) is 33.9. The topological polar surface area (TPSA) is 102 Å². The fourth-order valence-electron chi connectivity index (χ4n) is 4.91. The molecule has 2 aliphatic rings. The standard InChI is InChI=1S/C33H40O6.C5H10O.C3H8.4C2H6/c1-5-7-10-15-25(6-2)29(26-16-11-8-9-12-17-26)20-21-39-31(35)23-30(32(24(3)34)33(36)37)27-18-13-14-19-28(22-27)38-4;1-5(2)4-6-3;1-3-2;4*1-2/h5-13,15-16,18-19,22,25,29-30,34H,2,14,17,20-21,23H2,1,3-4H3,(H,36,37);1,4H2,2-3H3;3H2,1-2H3;4*1-2H3/b7-5-,15-10?,32-24-;;;;;;. The molecule has 320 valence electrons. The van der Waals surface area contributed by atoms with Crippen molar-refractivity contribution in [1.29, 1.82) is 0 Å². The number of carbonyl (C=O) groups excluding carboxylic acids is 1. The molecule has 0 saturated heterocycles. The summed E-state index contributed by atoms with van der Waals surface area (Å²) >= 11 is 0. The smallest absolute Gasteiger partial charge is 0.335 e. The summed E-state index contributed by atoms with van der Waals surface area (Å²) in [5.74, 6) is -2.45. The number of hydrogen-bond acceptors (Lipinski definition) is 6. The Hall–Kier alpha value is -4.36. The van der Waals surface area contributed by atoms with E-state index in [0.717, 1.165) is 12.0 Å². The van der Waals surface area contributed by atoms with Crippen LogP contribution < -0.4 is 0 Å². The number of aliphatic hydroxyl groups is 1. The highest BCUT2D eigenvalue weighted by Gasteiger charge is 2.30. The van der Waals surface area contributed by atoms with Crippen LogP contribution in [-0.2, 0) is 23.8 Å². The van der Waals surface area contributed by atoms with E-state index in [1.807, 2.05) is 124 Å². The van der Waals surface area contributed by atoms with Crippen LogP contribution in [0.15, 0.2) is 132 Å². The number of aliphatic carboxylic acids is 1. The van der Waals surface area contributed by atoms with Crippen LogP contribution in [0.1, 0.15) is 122 Å². The van der Waals surface area contributed by atoms with E-state index in [-0.39, 0.29) is 36.2 Å². The first kappa shape index (κ1) is 60.9. The van der Waals surface area contributed by atoms with E-state index >= 15 is 0 Å². The molecule has 3 atom stereocenters. The van der Waals surface area contributed by atoms with Gasteiger partial charge in [0.2, 0.25) is 0 Å². The monoisotopic (exact) mass is 783 g/mol. The maximum absolute atomic E-state index is 13.0. The van der Waals surface area contributed by atoms with Gasteiger partial charge in [0.1, 0.15) is 11.5 Å². The van der Waals surface area contributed by atoms with Crippen LogP contribution >= 0.6 is 0 Å². The number of aliphatic hydroxyl groups excluding tert-OH is 1. The lowest BCUT2D eigenvalue weighted by atomic mass is 9.81. The Kier molecular flexibility index (Phi) is 49.0. The molecule has 7 nitrogen and oxygen atoms in total. The zero-order valence-corrected chi connectivity index (χ0v) is 38.1. The van der Waals surface area contributed by atoms with Gasteiger partial charge in [-0.05, 0) is 63.7 Å². The molecule has 2 rings (SSSR count). The van der Waals surface area contributed by atoms with Crippen molar-refractivity contribution >= 4 is 11.9 Å². The van der Waals surface area contributed by atoms with Crippen molar-refractivity contribution in [3.8, 4) is 0 Å². The summed E-state index contributed by atoms with van der Waals surface area (Å²) in [7, 11) is 3.18. The number of rotatable bonds is 16. The zero-order valence-electron chi connectivity index (χ0n) is 38.1. The number of esters is 1. The molecule has 2 N–H and O–H groups in total. The van der Waals surface area contributed by atoms with Crippen LogP contribution in [0.2, 0.25) is 0 Å². The first-order valence-corrected chi connectivity index (χ1v) is 20.5. The number of carboxylic acid groups (broad SMARTS) is 1. The van der Waals surface area contributed by atoms with Gasteiger partial charge >= 0.3 is 11.9 Å². The van der Waals surface area contributed by atoms with Gasteiger partial charge in [0, 0.05) is 18.9 Å². The number of methoxy groups -OCH3 is 2. The van der Waals surface area contributed by atoms with E-state index < -0.39 is 17.9 Å². The van der Waals surface area contributed by atoms with E-state index in [2.05, 4.69) is 45.2 Å². The molecular weight excluding hydrogens is 701 g/mol. The largest absolute Gasteiger partial charge is 0.512 e. The molecule has 0 amide bonds. The second-order valence-corrected chi connectivity index (χ2v) is 11.3. The van der Waals surface area contributed by atoms with Gasteiger partial charge in [-0.25, -0.2) is 4.79 Å². The van der Waals surface area contributed by atoms with Crippen molar-refractivity contribution in [1.82, 2.24) is 0 Å². The van der Waals surface area contributed by atoms with E-state index in [0.29, 0.717) is 30.8 Å². The predicted octanol–water partition coefficient (Wildman–Crippen LogP) is 14.0. The van der Waals surface area contributed by atoms with E-state index in [1.165, 1.54) is 26.0 Å². The number of ether oxygens (including phenoxy) is 3. The second-order valence-electron chi connectivity index (χ2n) is 11.3. The quantitative estimate of drug-likeness (QED) is 0.0528. The molecule has 0 aromatic rings. The second kappa shape index (κ2) is 45.0. The van der Waals surface area contributed by atoms with Crippen molar-refractivity contribution < 1.29 is 34.0 Å². The van der Waals surface area contributed by atoms with E-state index in [9.17, 15) is 19.8 Å². The number of carbonyl (C=O) groups is 2. The Balaban J connectivity index is -0.000000436. The highest BCUT2D eigenvalue weighted by Crippen LogP contribution is 2.32. The summed E-state index contributed by atoms with van der Waals surface area (Å²) in [5.41, 5.74) is 2.58. The maximum atomic E-state index is 13.0. The van der Waals surface area contributed by atoms with Gasteiger partial charge in [-0.1, -0.05) is 166 Å². The van der Waals surface area contributed by atoms with Crippen LogP contribution in [0.25, 0.3) is 0 Å². The van der Waals surface area contributed by atoms with Crippen LogP contribution in [-0.4, -0.2) is 49.6 Å². The first-order chi connectivity index (χ1) is 27.0. The first-order valence-electron chi connectivity index (χ1n) is 20.5. The average Bonchev–Trinajstić information content (AvgIpc) is 3.63. The minimum absolute atomic E-state index is 0.0397. The highest BCUT2D eigenvalue weighted by molar-refractivity contribution is 5.90. The Bertz CT molecular complexity index is 1300. The Morgan fingerprint density at radius 3 is 2.00 bits per heavy atom. The van der Waals surface area contributed by atoms with E-state index in [4.69, 9.17) is 14.2 Å².